The van der Waals surface area contributed by atoms with Crippen LogP contribution in [0.15, 0.2) is 48.5 Å². The third kappa shape index (κ3) is 3.16. The van der Waals surface area contributed by atoms with Crippen molar-refractivity contribution < 1.29 is 10.2 Å². The lowest BCUT2D eigenvalue weighted by Crippen LogP contribution is -1.90. The van der Waals surface area contributed by atoms with Crippen molar-refractivity contribution in [2.45, 2.75) is 19.6 Å². The van der Waals surface area contributed by atoms with E-state index in [9.17, 15) is 0 Å². The number of benzene rings is 2. The van der Waals surface area contributed by atoms with E-state index in [0.29, 0.717) is 0 Å². The Hall–Kier alpha value is -1.64. The molecule has 88 valence electrons. The molecule has 2 nitrogen and oxygen atoms in total. The lowest BCUT2D eigenvalue weighted by molar-refractivity contribution is 0.281. The summed E-state index contributed by atoms with van der Waals surface area (Å²) in [5, 5.41) is 17.9. The van der Waals surface area contributed by atoms with Gasteiger partial charge in [0.15, 0.2) is 0 Å². The van der Waals surface area contributed by atoms with Crippen LogP contribution in [-0.4, -0.2) is 10.2 Å². The maximum atomic E-state index is 8.95. The molecule has 0 heterocycles. The second-order valence-corrected chi connectivity index (χ2v) is 4.13. The average Bonchev–Trinajstić information content (AvgIpc) is 2.40. The zero-order valence-electron chi connectivity index (χ0n) is 9.63. The highest BCUT2D eigenvalue weighted by molar-refractivity contribution is 5.30. The first kappa shape index (κ1) is 11.8. The third-order valence-electron chi connectivity index (χ3n) is 2.82. The van der Waals surface area contributed by atoms with Gasteiger partial charge >= 0.3 is 0 Å². The molecular weight excluding hydrogens is 212 g/mol. The maximum Gasteiger partial charge on any atom is 0.0681 e. The minimum absolute atomic E-state index is 0.0888. The van der Waals surface area contributed by atoms with Gasteiger partial charge in [-0.1, -0.05) is 48.5 Å². The molecule has 0 saturated heterocycles. The van der Waals surface area contributed by atoms with Gasteiger partial charge in [0.1, 0.15) is 0 Å². The van der Waals surface area contributed by atoms with E-state index < -0.39 is 0 Å². The van der Waals surface area contributed by atoms with Gasteiger partial charge in [0.2, 0.25) is 0 Å². The number of aliphatic hydroxyl groups excluding tert-OH is 2. The SMILES string of the molecule is OCc1ccc(Cc2ccc(CO)cc2)cc1. The summed E-state index contributed by atoms with van der Waals surface area (Å²) in [5.41, 5.74) is 4.31. The van der Waals surface area contributed by atoms with Crippen LogP contribution in [0.2, 0.25) is 0 Å². The van der Waals surface area contributed by atoms with Crippen LogP contribution in [0.3, 0.4) is 0 Å². The summed E-state index contributed by atoms with van der Waals surface area (Å²) < 4.78 is 0. The molecule has 0 aliphatic carbocycles. The van der Waals surface area contributed by atoms with Crippen LogP contribution in [0.25, 0.3) is 0 Å². The number of aliphatic hydroxyl groups is 2. The molecule has 0 unspecified atom stereocenters. The molecule has 17 heavy (non-hydrogen) atoms. The summed E-state index contributed by atoms with van der Waals surface area (Å²) in [7, 11) is 0. The van der Waals surface area contributed by atoms with Gasteiger partial charge in [0.05, 0.1) is 13.2 Å². The molecule has 2 N–H and O–H groups in total. The van der Waals surface area contributed by atoms with E-state index in [-0.39, 0.29) is 13.2 Å². The second-order valence-electron chi connectivity index (χ2n) is 4.13. The van der Waals surface area contributed by atoms with Crippen LogP contribution in [0.1, 0.15) is 22.3 Å². The van der Waals surface area contributed by atoms with Gasteiger partial charge in [-0.05, 0) is 28.7 Å². The number of hydrogen-bond donors (Lipinski definition) is 2. The third-order valence-corrected chi connectivity index (χ3v) is 2.82. The van der Waals surface area contributed by atoms with Crippen molar-refractivity contribution in [3.63, 3.8) is 0 Å². The lowest BCUT2D eigenvalue weighted by Gasteiger charge is -2.04. The summed E-state index contributed by atoms with van der Waals surface area (Å²) >= 11 is 0. The first-order valence-corrected chi connectivity index (χ1v) is 5.69. The van der Waals surface area contributed by atoms with Gasteiger partial charge in [0.25, 0.3) is 0 Å². The Labute approximate surface area is 101 Å². The van der Waals surface area contributed by atoms with Crippen molar-refractivity contribution in [3.8, 4) is 0 Å². The molecule has 0 aromatic heterocycles. The fourth-order valence-electron chi connectivity index (χ4n) is 1.76. The molecule has 0 spiro atoms. The highest BCUT2D eigenvalue weighted by atomic mass is 16.3. The van der Waals surface area contributed by atoms with E-state index in [4.69, 9.17) is 10.2 Å². The minimum atomic E-state index is 0.0888. The van der Waals surface area contributed by atoms with Crippen LogP contribution < -0.4 is 0 Å². The van der Waals surface area contributed by atoms with Gasteiger partial charge in [0, 0.05) is 0 Å². The molecule has 0 radical (unpaired) electrons. The largest absolute Gasteiger partial charge is 0.392 e. The lowest BCUT2D eigenvalue weighted by atomic mass is 10.0. The fourth-order valence-corrected chi connectivity index (χ4v) is 1.76. The minimum Gasteiger partial charge on any atom is -0.392 e. The summed E-state index contributed by atoms with van der Waals surface area (Å²) in [6, 6.07) is 15.9. The topological polar surface area (TPSA) is 40.5 Å². The molecule has 0 bridgehead atoms. The fraction of sp³-hybridized carbons (Fsp3) is 0.200. The van der Waals surface area contributed by atoms with Crippen LogP contribution in [0, 0.1) is 0 Å². The van der Waals surface area contributed by atoms with Crippen molar-refractivity contribution in [1.82, 2.24) is 0 Å². The van der Waals surface area contributed by atoms with E-state index in [1.807, 2.05) is 48.5 Å². The van der Waals surface area contributed by atoms with Crippen molar-refractivity contribution in [2.75, 3.05) is 0 Å². The van der Waals surface area contributed by atoms with E-state index >= 15 is 0 Å². The van der Waals surface area contributed by atoms with Crippen LogP contribution >= 0.6 is 0 Å². The predicted octanol–water partition coefficient (Wildman–Crippen LogP) is 2.26. The molecular formula is C15H16O2. The first-order valence-electron chi connectivity index (χ1n) is 5.69. The van der Waals surface area contributed by atoms with E-state index in [1.165, 1.54) is 11.1 Å². The summed E-state index contributed by atoms with van der Waals surface area (Å²) in [4.78, 5) is 0. The molecule has 2 rings (SSSR count). The van der Waals surface area contributed by atoms with Gasteiger partial charge in [-0.25, -0.2) is 0 Å². The normalized spacial score (nSPS) is 10.5. The molecule has 0 aliphatic heterocycles. The van der Waals surface area contributed by atoms with Gasteiger partial charge < -0.3 is 10.2 Å². The van der Waals surface area contributed by atoms with Crippen molar-refractivity contribution in [3.05, 3.63) is 70.8 Å². The molecule has 2 aromatic rings. The highest BCUT2D eigenvalue weighted by Gasteiger charge is 1.97. The summed E-state index contributed by atoms with van der Waals surface area (Å²) in [5.74, 6) is 0. The zero-order valence-corrected chi connectivity index (χ0v) is 9.63. The van der Waals surface area contributed by atoms with Gasteiger partial charge in [-0.15, -0.1) is 0 Å². The predicted molar refractivity (Wildman–Crippen MR) is 67.5 cm³/mol. The molecule has 0 atom stereocenters. The van der Waals surface area contributed by atoms with Gasteiger partial charge in [-0.2, -0.15) is 0 Å². The number of hydrogen-bond acceptors (Lipinski definition) is 2. The Morgan fingerprint density at radius 2 is 0.824 bits per heavy atom. The second kappa shape index (κ2) is 5.62. The first-order chi connectivity index (χ1) is 8.31. The Morgan fingerprint density at radius 3 is 1.12 bits per heavy atom. The summed E-state index contributed by atoms with van der Waals surface area (Å²) in [6.45, 7) is 0.178. The maximum absolute atomic E-state index is 8.95. The highest BCUT2D eigenvalue weighted by Crippen LogP contribution is 2.12. The standard InChI is InChI=1S/C15H16O2/c16-10-14-5-1-12(2-6-14)9-13-3-7-15(11-17)8-4-13/h1-8,16-17H,9-11H2. The molecule has 0 aliphatic rings. The molecule has 2 heteroatoms. The monoisotopic (exact) mass is 228 g/mol. The Morgan fingerprint density at radius 1 is 0.529 bits per heavy atom. The summed E-state index contributed by atoms with van der Waals surface area (Å²) in [6.07, 6.45) is 0.872. The quantitative estimate of drug-likeness (QED) is 0.842. The molecule has 0 fully saturated rings. The zero-order chi connectivity index (χ0) is 12.1. The van der Waals surface area contributed by atoms with Gasteiger partial charge in [-0.3, -0.25) is 0 Å². The Balaban J connectivity index is 2.08. The molecule has 0 saturated carbocycles. The van der Waals surface area contributed by atoms with Crippen molar-refractivity contribution in [2.24, 2.45) is 0 Å². The van der Waals surface area contributed by atoms with E-state index in [1.54, 1.807) is 0 Å². The van der Waals surface area contributed by atoms with Crippen molar-refractivity contribution >= 4 is 0 Å². The average molecular weight is 228 g/mol. The van der Waals surface area contributed by atoms with E-state index in [0.717, 1.165) is 17.5 Å². The molecule has 0 amide bonds. The van der Waals surface area contributed by atoms with Crippen LogP contribution in [0.5, 0.6) is 0 Å². The molecule has 2 aromatic carbocycles. The van der Waals surface area contributed by atoms with Crippen molar-refractivity contribution in [1.29, 1.82) is 0 Å². The van der Waals surface area contributed by atoms with Crippen LogP contribution in [0.4, 0.5) is 0 Å². The van der Waals surface area contributed by atoms with E-state index in [2.05, 4.69) is 0 Å². The van der Waals surface area contributed by atoms with Crippen LogP contribution in [-0.2, 0) is 19.6 Å². The Bertz CT molecular complexity index is 412. The number of rotatable bonds is 4. The Kier molecular flexibility index (Phi) is 3.91. The smallest absolute Gasteiger partial charge is 0.0681 e.